The van der Waals surface area contributed by atoms with Crippen molar-refractivity contribution in [1.82, 2.24) is 14.8 Å². The van der Waals surface area contributed by atoms with Crippen LogP contribution in [-0.4, -0.2) is 20.5 Å². The molecule has 0 radical (unpaired) electrons. The van der Waals surface area contributed by atoms with E-state index in [0.29, 0.717) is 22.1 Å². The van der Waals surface area contributed by atoms with Crippen molar-refractivity contribution in [2.75, 3.05) is 0 Å². The average Bonchev–Trinajstić information content (AvgIpc) is 2.79. The maximum Gasteiger partial charge on any atom is 0.159 e. The number of fused-ring (bicyclic) bond motifs is 3. The van der Waals surface area contributed by atoms with Gasteiger partial charge < -0.3 is 0 Å². The van der Waals surface area contributed by atoms with Crippen molar-refractivity contribution in [3.05, 3.63) is 77.1 Å². The van der Waals surface area contributed by atoms with E-state index >= 15 is 0 Å². The normalized spacial score (nSPS) is 13.7. The maximum absolute atomic E-state index is 13.9. The highest BCUT2D eigenvalue weighted by Crippen LogP contribution is 2.29. The second-order valence-electron chi connectivity index (χ2n) is 5.05. The molecule has 1 aliphatic heterocycles. The Morgan fingerprint density at radius 3 is 2.87 bits per heavy atom. The van der Waals surface area contributed by atoms with Gasteiger partial charge in [-0.2, -0.15) is 0 Å². The molecule has 0 amide bonds. The van der Waals surface area contributed by atoms with Crippen molar-refractivity contribution < 1.29 is 4.39 Å². The molecule has 0 aliphatic carbocycles. The molecule has 0 bridgehead atoms. The number of aliphatic imine (C=N–C) groups is 1. The highest BCUT2D eigenvalue weighted by molar-refractivity contribution is 6.31. The Labute approximate surface area is 138 Å². The predicted octanol–water partition coefficient (Wildman–Crippen LogP) is 4.13. The van der Waals surface area contributed by atoms with Gasteiger partial charge in [-0.25, -0.2) is 4.39 Å². The first-order valence-electron chi connectivity index (χ1n) is 6.96. The maximum atomic E-state index is 13.9. The van der Waals surface area contributed by atoms with Crippen LogP contribution in [0.2, 0.25) is 5.02 Å². The zero-order valence-corrected chi connectivity index (χ0v) is 13.3. The summed E-state index contributed by atoms with van der Waals surface area (Å²) >= 11 is 6.15. The van der Waals surface area contributed by atoms with E-state index in [4.69, 9.17) is 11.6 Å². The van der Waals surface area contributed by atoms with Gasteiger partial charge in [0.1, 0.15) is 18.2 Å². The van der Waals surface area contributed by atoms with Gasteiger partial charge in [0.2, 0.25) is 0 Å². The fourth-order valence-corrected chi connectivity index (χ4v) is 2.77. The zero-order chi connectivity index (χ0) is 16.6. The van der Waals surface area contributed by atoms with E-state index in [2.05, 4.69) is 28.3 Å². The number of aromatic nitrogens is 3. The fourth-order valence-electron chi connectivity index (χ4n) is 2.60. The molecule has 4 nitrogen and oxygen atoms in total. The van der Waals surface area contributed by atoms with E-state index in [9.17, 15) is 4.39 Å². The zero-order valence-electron chi connectivity index (χ0n) is 12.6. The molecule has 0 saturated heterocycles. The Balaban J connectivity index is 2.32. The van der Waals surface area contributed by atoms with Crippen LogP contribution >= 0.6 is 11.6 Å². The van der Waals surface area contributed by atoms with Gasteiger partial charge in [0.15, 0.2) is 5.82 Å². The number of hydrogen-bond donors (Lipinski definition) is 0. The lowest BCUT2D eigenvalue weighted by Crippen LogP contribution is -2.09. The van der Waals surface area contributed by atoms with E-state index in [0.717, 1.165) is 11.5 Å². The van der Waals surface area contributed by atoms with Crippen LogP contribution in [0, 0.1) is 6.92 Å². The summed E-state index contributed by atoms with van der Waals surface area (Å²) in [6, 6.07) is 5.38. The third-order valence-electron chi connectivity index (χ3n) is 3.56. The number of aryl methyl sites for hydroxylation is 1. The molecule has 6 heteroatoms. The van der Waals surface area contributed by atoms with Crippen LogP contribution in [0.5, 0.6) is 0 Å². The van der Waals surface area contributed by atoms with Crippen molar-refractivity contribution in [3.63, 3.8) is 0 Å². The van der Waals surface area contributed by atoms with Gasteiger partial charge >= 0.3 is 0 Å². The van der Waals surface area contributed by atoms with Crippen molar-refractivity contribution >= 4 is 17.3 Å². The highest BCUT2D eigenvalue weighted by Gasteiger charge is 2.23. The Bertz CT molecular complexity index is 877. The van der Waals surface area contributed by atoms with Crippen LogP contribution in [0.25, 0.3) is 5.69 Å². The quantitative estimate of drug-likeness (QED) is 0.795. The number of benzene rings is 1. The van der Waals surface area contributed by atoms with E-state index in [-0.39, 0.29) is 12.1 Å². The molecule has 23 heavy (non-hydrogen) atoms. The van der Waals surface area contributed by atoms with Crippen molar-refractivity contribution in [3.8, 4) is 5.69 Å². The lowest BCUT2D eigenvalue weighted by atomic mass is 9.99. The summed E-state index contributed by atoms with van der Waals surface area (Å²) in [5.41, 5.74) is 2.25. The molecule has 0 saturated carbocycles. The molecule has 3 rings (SSSR count). The Hall–Kier alpha value is -2.53. The Kier molecular flexibility index (Phi) is 3.96. The Morgan fingerprint density at radius 1 is 1.39 bits per heavy atom. The molecule has 1 aliphatic rings. The third-order valence-corrected chi connectivity index (χ3v) is 3.79. The van der Waals surface area contributed by atoms with Crippen LogP contribution < -0.4 is 0 Å². The summed E-state index contributed by atoms with van der Waals surface area (Å²) in [6.45, 7) is 9.16. The lowest BCUT2D eigenvalue weighted by Gasteiger charge is -2.13. The van der Waals surface area contributed by atoms with E-state index < -0.39 is 5.83 Å². The van der Waals surface area contributed by atoms with Crippen LogP contribution in [0.4, 0.5) is 4.39 Å². The molecule has 1 aromatic carbocycles. The smallest absolute Gasteiger partial charge is 0.159 e. The molecule has 1 aromatic heterocycles. The fraction of sp³-hybridized carbons (Fsp3) is 0.118. The molecular formula is C17H14ClFN4. The highest BCUT2D eigenvalue weighted by atomic mass is 35.5. The van der Waals surface area contributed by atoms with Crippen molar-refractivity contribution in [2.45, 2.75) is 13.5 Å². The number of rotatable bonds is 3. The first kappa shape index (κ1) is 15.4. The predicted molar refractivity (Wildman–Crippen MR) is 89.9 cm³/mol. The number of halogens is 2. The molecular weight excluding hydrogens is 315 g/mol. The second-order valence-corrected chi connectivity index (χ2v) is 5.48. The van der Waals surface area contributed by atoms with Gasteiger partial charge in [0.25, 0.3) is 0 Å². The van der Waals surface area contributed by atoms with Gasteiger partial charge in [-0.05, 0) is 25.1 Å². The third kappa shape index (κ3) is 2.64. The topological polar surface area (TPSA) is 43.1 Å². The molecule has 2 heterocycles. The van der Waals surface area contributed by atoms with Crippen LogP contribution in [0.1, 0.15) is 17.2 Å². The average molecular weight is 329 g/mol. The van der Waals surface area contributed by atoms with Crippen molar-refractivity contribution in [1.29, 1.82) is 0 Å². The van der Waals surface area contributed by atoms with E-state index in [1.807, 2.05) is 17.6 Å². The van der Waals surface area contributed by atoms with Crippen LogP contribution in [0.15, 0.2) is 59.9 Å². The number of allylic oxidation sites excluding steroid dienone is 4. The lowest BCUT2D eigenvalue weighted by molar-refractivity contribution is 0.664. The summed E-state index contributed by atoms with van der Waals surface area (Å²) in [6.07, 6.45) is 3.05. The Morgan fingerprint density at radius 2 is 2.17 bits per heavy atom. The number of hydrogen-bond acceptors (Lipinski definition) is 3. The molecule has 2 aromatic rings. The molecule has 0 atom stereocenters. The minimum absolute atomic E-state index is 0.278. The van der Waals surface area contributed by atoms with Gasteiger partial charge in [0.05, 0.1) is 11.4 Å². The first-order chi connectivity index (χ1) is 11.0. The van der Waals surface area contributed by atoms with Gasteiger partial charge in [-0.1, -0.05) is 36.9 Å². The molecule has 116 valence electrons. The van der Waals surface area contributed by atoms with Crippen LogP contribution in [-0.2, 0) is 6.54 Å². The SMILES string of the molecule is C=C/C=C(\C(=C)F)C1=NCc2nnc(C)n2-c2ccc(Cl)cc21. The number of nitrogens with zero attached hydrogens (tertiary/aromatic N) is 4. The molecule has 0 unspecified atom stereocenters. The second kappa shape index (κ2) is 5.93. The largest absolute Gasteiger partial charge is 0.281 e. The van der Waals surface area contributed by atoms with Gasteiger partial charge in [-0.3, -0.25) is 9.56 Å². The summed E-state index contributed by atoms with van der Waals surface area (Å²) in [7, 11) is 0. The van der Waals surface area contributed by atoms with Crippen molar-refractivity contribution in [2.24, 2.45) is 4.99 Å². The van der Waals surface area contributed by atoms with Gasteiger partial charge in [0, 0.05) is 16.2 Å². The summed E-state index contributed by atoms with van der Waals surface area (Å²) in [5.74, 6) is 0.834. The minimum atomic E-state index is -0.580. The summed E-state index contributed by atoms with van der Waals surface area (Å²) in [5, 5.41) is 8.77. The van der Waals surface area contributed by atoms with E-state index in [1.165, 1.54) is 6.08 Å². The molecule has 0 spiro atoms. The summed E-state index contributed by atoms with van der Waals surface area (Å²) in [4.78, 5) is 4.52. The molecule has 0 fully saturated rings. The van der Waals surface area contributed by atoms with E-state index in [1.54, 1.807) is 18.2 Å². The van der Waals surface area contributed by atoms with Crippen LogP contribution in [0.3, 0.4) is 0 Å². The van der Waals surface area contributed by atoms with Gasteiger partial charge in [-0.15, -0.1) is 10.2 Å². The summed E-state index contributed by atoms with van der Waals surface area (Å²) < 4.78 is 15.8. The minimum Gasteiger partial charge on any atom is -0.281 e. The molecule has 0 N–H and O–H groups in total. The monoisotopic (exact) mass is 328 g/mol. The first-order valence-corrected chi connectivity index (χ1v) is 7.34. The standard InChI is InChI=1S/C17H14ClFN4/c1-4-5-13(10(2)19)17-14-8-12(18)6-7-15(14)23-11(3)21-22-16(23)9-20-17/h4-8H,1-2,9H2,3H3/b13-5+.